The summed E-state index contributed by atoms with van der Waals surface area (Å²) in [5.41, 5.74) is 2.51. The Hall–Kier alpha value is -2.82. The van der Waals surface area contributed by atoms with E-state index in [9.17, 15) is 9.59 Å². The summed E-state index contributed by atoms with van der Waals surface area (Å²) >= 11 is 0. The lowest BCUT2D eigenvalue weighted by atomic mass is 10.1. The average molecular weight is 351 g/mol. The molecule has 26 heavy (non-hydrogen) atoms. The number of carbonyl (C=O) groups is 2. The minimum absolute atomic E-state index is 0.435. The normalized spacial score (nSPS) is 14.0. The van der Waals surface area contributed by atoms with Gasteiger partial charge in [-0.05, 0) is 62.6 Å². The largest absolute Gasteiger partial charge is 0.372 e. The van der Waals surface area contributed by atoms with Gasteiger partial charge in [-0.1, -0.05) is 18.2 Å². The van der Waals surface area contributed by atoms with Gasteiger partial charge in [-0.2, -0.15) is 0 Å². The molecule has 1 heterocycles. The highest BCUT2D eigenvalue weighted by Gasteiger charge is 2.22. The maximum Gasteiger partial charge on any atom is 0.316 e. The first-order chi connectivity index (χ1) is 12.7. The fraction of sp³-hybridized carbons (Fsp3) is 0.333. The first kappa shape index (κ1) is 18.0. The molecule has 5 heteroatoms. The molecule has 0 aromatic heterocycles. The molecule has 1 fully saturated rings. The van der Waals surface area contributed by atoms with Crippen molar-refractivity contribution in [1.29, 1.82) is 0 Å². The first-order valence-electron chi connectivity index (χ1n) is 9.22. The smallest absolute Gasteiger partial charge is 0.316 e. The van der Waals surface area contributed by atoms with Crippen LogP contribution in [-0.4, -0.2) is 31.4 Å². The molecule has 2 amide bonds. The van der Waals surface area contributed by atoms with Crippen LogP contribution in [0.1, 0.15) is 26.2 Å². The number of para-hydroxylation sites is 1. The molecule has 0 atom stereocenters. The van der Waals surface area contributed by atoms with Gasteiger partial charge in [-0.15, -0.1) is 0 Å². The SMILES string of the molecule is CCN(C(=O)C(=O)Nc1ccc(N2CCCCC2)cc1)c1ccccc1. The minimum atomic E-state index is -0.624. The van der Waals surface area contributed by atoms with E-state index in [4.69, 9.17) is 0 Å². The summed E-state index contributed by atoms with van der Waals surface area (Å²) in [6, 6.07) is 16.9. The van der Waals surface area contributed by atoms with Crippen molar-refractivity contribution in [3.05, 3.63) is 54.6 Å². The van der Waals surface area contributed by atoms with E-state index in [1.54, 1.807) is 0 Å². The Morgan fingerprint density at radius 1 is 0.962 bits per heavy atom. The van der Waals surface area contributed by atoms with Crippen LogP contribution in [0.15, 0.2) is 54.6 Å². The zero-order chi connectivity index (χ0) is 18.4. The van der Waals surface area contributed by atoms with E-state index in [-0.39, 0.29) is 0 Å². The summed E-state index contributed by atoms with van der Waals surface area (Å²) in [7, 11) is 0. The van der Waals surface area contributed by atoms with E-state index in [1.165, 1.54) is 24.2 Å². The molecule has 0 saturated carbocycles. The maximum atomic E-state index is 12.5. The third-order valence-corrected chi connectivity index (χ3v) is 4.67. The number of rotatable bonds is 4. The summed E-state index contributed by atoms with van der Waals surface area (Å²) in [6.07, 6.45) is 3.74. The number of nitrogens with zero attached hydrogens (tertiary/aromatic N) is 2. The number of carbonyl (C=O) groups excluding carboxylic acids is 2. The monoisotopic (exact) mass is 351 g/mol. The van der Waals surface area contributed by atoms with Crippen LogP contribution in [0, 0.1) is 0 Å². The van der Waals surface area contributed by atoms with Gasteiger partial charge in [0.05, 0.1) is 0 Å². The van der Waals surface area contributed by atoms with Crippen molar-refractivity contribution in [3.63, 3.8) is 0 Å². The Kier molecular flexibility index (Phi) is 5.89. The zero-order valence-corrected chi connectivity index (χ0v) is 15.1. The molecule has 0 spiro atoms. The number of anilines is 3. The second-order valence-electron chi connectivity index (χ2n) is 6.43. The van der Waals surface area contributed by atoms with Crippen LogP contribution in [0.2, 0.25) is 0 Å². The molecule has 1 N–H and O–H groups in total. The van der Waals surface area contributed by atoms with E-state index in [0.29, 0.717) is 12.2 Å². The molecule has 0 radical (unpaired) electrons. The summed E-state index contributed by atoms with van der Waals surface area (Å²) in [6.45, 7) is 4.44. The van der Waals surface area contributed by atoms with Crippen LogP contribution in [-0.2, 0) is 9.59 Å². The summed E-state index contributed by atoms with van der Waals surface area (Å²) in [4.78, 5) is 28.7. The molecule has 0 bridgehead atoms. The standard InChI is InChI=1S/C21H25N3O2/c1-2-24(19-9-5-3-6-10-19)21(26)20(25)22-17-11-13-18(14-12-17)23-15-7-4-8-16-23/h3,5-6,9-14H,2,4,7-8,15-16H2,1H3,(H,22,25). The number of likely N-dealkylation sites (N-methyl/N-ethyl adjacent to an activating group) is 1. The van der Waals surface area contributed by atoms with Crippen LogP contribution >= 0.6 is 0 Å². The summed E-state index contributed by atoms with van der Waals surface area (Å²) < 4.78 is 0. The summed E-state index contributed by atoms with van der Waals surface area (Å²) in [5, 5.41) is 2.71. The molecular formula is C21H25N3O2. The van der Waals surface area contributed by atoms with E-state index in [2.05, 4.69) is 10.2 Å². The average Bonchev–Trinajstić information content (AvgIpc) is 2.70. The molecule has 2 aromatic carbocycles. The Bertz CT molecular complexity index is 738. The molecule has 5 nitrogen and oxygen atoms in total. The van der Waals surface area contributed by atoms with Gasteiger partial charge in [-0.25, -0.2) is 0 Å². The Morgan fingerprint density at radius 2 is 1.62 bits per heavy atom. The van der Waals surface area contributed by atoms with E-state index < -0.39 is 11.8 Å². The Labute approximate surface area is 154 Å². The highest BCUT2D eigenvalue weighted by molar-refractivity contribution is 6.44. The molecule has 3 rings (SSSR count). The number of amides is 2. The maximum absolute atomic E-state index is 12.5. The van der Waals surface area contributed by atoms with Crippen molar-refractivity contribution < 1.29 is 9.59 Å². The zero-order valence-electron chi connectivity index (χ0n) is 15.1. The molecule has 136 valence electrons. The second-order valence-corrected chi connectivity index (χ2v) is 6.43. The van der Waals surface area contributed by atoms with E-state index >= 15 is 0 Å². The molecule has 0 aliphatic carbocycles. The van der Waals surface area contributed by atoms with E-state index in [0.717, 1.165) is 24.5 Å². The van der Waals surface area contributed by atoms with E-state index in [1.807, 2.05) is 61.5 Å². The number of hydrogen-bond donors (Lipinski definition) is 1. The van der Waals surface area contributed by atoms with Gasteiger partial charge in [0.2, 0.25) is 0 Å². The van der Waals surface area contributed by atoms with Gasteiger partial charge in [0, 0.05) is 36.7 Å². The Balaban J connectivity index is 1.64. The van der Waals surface area contributed by atoms with Crippen LogP contribution in [0.4, 0.5) is 17.1 Å². The molecule has 1 saturated heterocycles. The lowest BCUT2D eigenvalue weighted by Gasteiger charge is -2.28. The van der Waals surface area contributed by atoms with Gasteiger partial charge >= 0.3 is 11.8 Å². The topological polar surface area (TPSA) is 52.7 Å². The first-order valence-corrected chi connectivity index (χ1v) is 9.22. The third-order valence-electron chi connectivity index (χ3n) is 4.67. The summed E-state index contributed by atoms with van der Waals surface area (Å²) in [5.74, 6) is -1.18. The quantitative estimate of drug-likeness (QED) is 0.855. The number of benzene rings is 2. The predicted molar refractivity (Wildman–Crippen MR) is 106 cm³/mol. The lowest BCUT2D eigenvalue weighted by Crippen LogP contribution is -2.39. The molecular weight excluding hydrogens is 326 g/mol. The highest BCUT2D eigenvalue weighted by atomic mass is 16.2. The van der Waals surface area contributed by atoms with Gasteiger partial charge in [0.25, 0.3) is 0 Å². The fourth-order valence-corrected chi connectivity index (χ4v) is 3.27. The second kappa shape index (κ2) is 8.52. The number of nitrogens with one attached hydrogen (secondary N) is 1. The number of piperidine rings is 1. The van der Waals surface area contributed by atoms with Gasteiger partial charge in [0.1, 0.15) is 0 Å². The molecule has 1 aliphatic heterocycles. The highest BCUT2D eigenvalue weighted by Crippen LogP contribution is 2.22. The molecule has 2 aromatic rings. The van der Waals surface area contributed by atoms with Gasteiger partial charge in [0.15, 0.2) is 0 Å². The lowest BCUT2D eigenvalue weighted by molar-refractivity contribution is -0.134. The van der Waals surface area contributed by atoms with Gasteiger partial charge < -0.3 is 15.1 Å². The van der Waals surface area contributed by atoms with Crippen LogP contribution in [0.5, 0.6) is 0 Å². The predicted octanol–water partition coefficient (Wildman–Crippen LogP) is 3.67. The van der Waals surface area contributed by atoms with Crippen molar-refractivity contribution in [1.82, 2.24) is 0 Å². The molecule has 1 aliphatic rings. The van der Waals surface area contributed by atoms with Gasteiger partial charge in [-0.3, -0.25) is 9.59 Å². The van der Waals surface area contributed by atoms with Crippen molar-refractivity contribution >= 4 is 28.9 Å². The van der Waals surface area contributed by atoms with Crippen molar-refractivity contribution in [2.75, 3.05) is 34.8 Å². The Morgan fingerprint density at radius 3 is 2.23 bits per heavy atom. The third kappa shape index (κ3) is 4.23. The van der Waals surface area contributed by atoms with Crippen molar-refractivity contribution in [3.8, 4) is 0 Å². The van der Waals surface area contributed by atoms with Crippen LogP contribution in [0.3, 0.4) is 0 Å². The number of hydrogen-bond acceptors (Lipinski definition) is 3. The molecule has 0 unspecified atom stereocenters. The minimum Gasteiger partial charge on any atom is -0.372 e. The van der Waals surface area contributed by atoms with Crippen LogP contribution < -0.4 is 15.1 Å². The van der Waals surface area contributed by atoms with Crippen molar-refractivity contribution in [2.45, 2.75) is 26.2 Å². The van der Waals surface area contributed by atoms with Crippen LogP contribution in [0.25, 0.3) is 0 Å². The van der Waals surface area contributed by atoms with Crippen molar-refractivity contribution in [2.24, 2.45) is 0 Å². The fourth-order valence-electron chi connectivity index (χ4n) is 3.27.